The number of aliphatic hydroxyl groups excluding tert-OH is 1. The summed E-state index contributed by atoms with van der Waals surface area (Å²) in [5, 5.41) is 36.5. The molecule has 0 radical (unpaired) electrons. The molecule has 23 nitrogen and oxygen atoms in total. The average molecular weight is 1070 g/mol. The van der Waals surface area contributed by atoms with Crippen LogP contribution in [0.3, 0.4) is 0 Å². The number of hydrogen-bond donors (Lipinski definition) is 11. The Labute approximate surface area is 439 Å². The first-order valence-corrected chi connectivity index (χ1v) is 24.6. The van der Waals surface area contributed by atoms with E-state index in [1.54, 1.807) is 37.6 Å². The molecular formula is C51H71F2N11O12. The first kappa shape index (κ1) is 62.5. The Balaban J connectivity index is 1.99. The Hall–Kier alpha value is -7.80. The minimum atomic E-state index is -1.76. The second kappa shape index (κ2) is 29.9. The molecule has 13 N–H and O–H groups in total. The van der Waals surface area contributed by atoms with Gasteiger partial charge in [-0.25, -0.2) is 8.78 Å². The van der Waals surface area contributed by atoms with Crippen LogP contribution in [0, 0.1) is 17.0 Å². The second-order valence-corrected chi connectivity index (χ2v) is 19.2. The maximum absolute atomic E-state index is 15.4. The third-order valence-electron chi connectivity index (χ3n) is 11.8. The lowest BCUT2D eigenvalue weighted by molar-refractivity contribution is -0.140. The fraction of sp³-hybridized carbons (Fsp3) is 0.490. The molecule has 0 aliphatic heterocycles. The summed E-state index contributed by atoms with van der Waals surface area (Å²) in [7, 11) is 0. The number of carboxylic acids is 1. The summed E-state index contributed by atoms with van der Waals surface area (Å²) in [4.78, 5) is 129. The number of aliphatic carboxylic acids is 1. The van der Waals surface area contributed by atoms with Crippen LogP contribution in [0.4, 0.5) is 8.78 Å². The fourth-order valence-electron chi connectivity index (χ4n) is 7.94. The van der Waals surface area contributed by atoms with Crippen LogP contribution in [0.5, 0.6) is 0 Å². The largest absolute Gasteiger partial charge is 0.480 e. The summed E-state index contributed by atoms with van der Waals surface area (Å²) in [5.41, 5.74) is 11.5. The molecule has 25 heteroatoms. The number of unbranched alkanes of at least 4 members (excludes halogenated alkanes) is 1. The number of halogens is 2. The molecule has 416 valence electrons. The molecule has 1 aromatic heterocycles. The molecule has 0 spiro atoms. The zero-order valence-electron chi connectivity index (χ0n) is 43.5. The first-order valence-electron chi connectivity index (χ1n) is 24.6. The van der Waals surface area contributed by atoms with Crippen LogP contribution in [0.25, 0.3) is 11.1 Å². The molecule has 0 fully saturated rings. The predicted octanol–water partition coefficient (Wildman–Crippen LogP) is -0.0250. The minimum absolute atomic E-state index is 0.0676. The standard InChI is InChI=1S/C51H71F2N11O12/c1-29(59-43(69)25-58-31(3)66)46(71)60-30(2)47(72)62-39(24-41(55)67)49(74)61-38(48(73)57-20-17-42(68)56-19-11-10-14-37(54)50(75)76)18-21-64(44(70)28-65)45(51(4,5)6)40-22-33(35-23-34(52)15-16-36(35)53)27-63(40)26-32-12-8-7-9-13-32/h7-9,12-13,15-16,22-23,27,29-30,37-39,45,65H,10-11,14,17-21,24-26,28,54H2,1-6H3,(H2,55,67)(H,56,68)(H,57,73)(H,58,66)(H,59,69)(H,60,71)(H,61,74)(H,62,72)(H,75,76)/t29-,30-,37-,38-,39-,45-/m0/s1. The van der Waals surface area contributed by atoms with Crippen molar-refractivity contribution in [2.24, 2.45) is 16.9 Å². The quantitative estimate of drug-likeness (QED) is 0.0392. The number of carbonyl (C=O) groups is 10. The van der Waals surface area contributed by atoms with Crippen LogP contribution in [-0.2, 0) is 54.5 Å². The van der Waals surface area contributed by atoms with E-state index in [1.807, 2.05) is 30.3 Å². The van der Waals surface area contributed by atoms with E-state index >= 15 is 4.39 Å². The molecule has 76 heavy (non-hydrogen) atoms. The zero-order chi connectivity index (χ0) is 56.9. The predicted molar refractivity (Wildman–Crippen MR) is 273 cm³/mol. The second-order valence-electron chi connectivity index (χ2n) is 19.2. The van der Waals surface area contributed by atoms with Crippen molar-refractivity contribution in [1.82, 2.24) is 46.7 Å². The summed E-state index contributed by atoms with van der Waals surface area (Å²) in [6.07, 6.45) is 1.16. The Morgan fingerprint density at radius 3 is 2.01 bits per heavy atom. The smallest absolute Gasteiger partial charge is 0.320 e. The highest BCUT2D eigenvalue weighted by Crippen LogP contribution is 2.41. The molecule has 6 atom stereocenters. The van der Waals surface area contributed by atoms with Gasteiger partial charge < -0.3 is 68.4 Å². The third kappa shape index (κ3) is 20.5. The van der Waals surface area contributed by atoms with Gasteiger partial charge in [0.25, 0.3) is 0 Å². The number of benzene rings is 2. The molecule has 0 bridgehead atoms. The molecule has 3 aromatic rings. The fourth-order valence-corrected chi connectivity index (χ4v) is 7.94. The number of aliphatic hydroxyl groups is 1. The SMILES string of the molecule is CC(=O)NCC(=O)N[C@@H](C)C(=O)N[C@@H](C)C(=O)N[C@@H](CC(N)=O)C(=O)N[C@@H](CCN(C(=O)CO)[C@@H](c1cc(-c2cc(F)ccc2F)cn1Cc1ccccc1)C(C)(C)C)C(=O)NCCC(=O)NCCCC[C@H](N)C(=O)O. The maximum Gasteiger partial charge on any atom is 0.320 e. The molecule has 0 aliphatic carbocycles. The highest BCUT2D eigenvalue weighted by atomic mass is 19.1. The van der Waals surface area contributed by atoms with Crippen molar-refractivity contribution in [3.05, 3.63) is 83.7 Å². The Morgan fingerprint density at radius 2 is 1.39 bits per heavy atom. The molecule has 0 aliphatic rings. The summed E-state index contributed by atoms with van der Waals surface area (Å²) >= 11 is 0. The normalized spacial score (nSPS) is 13.6. The van der Waals surface area contributed by atoms with Crippen LogP contribution in [-0.4, -0.2) is 142 Å². The van der Waals surface area contributed by atoms with Gasteiger partial charge in [-0.2, -0.15) is 0 Å². The van der Waals surface area contributed by atoms with Crippen molar-refractivity contribution in [2.75, 3.05) is 32.8 Å². The van der Waals surface area contributed by atoms with Gasteiger partial charge in [0, 0.05) is 62.5 Å². The maximum atomic E-state index is 15.4. The molecule has 0 saturated carbocycles. The molecule has 1 heterocycles. The number of nitrogens with two attached hydrogens (primary N) is 2. The Morgan fingerprint density at radius 1 is 0.750 bits per heavy atom. The summed E-state index contributed by atoms with van der Waals surface area (Å²) in [5.74, 6) is -9.97. The lowest BCUT2D eigenvalue weighted by Crippen LogP contribution is -2.58. The summed E-state index contributed by atoms with van der Waals surface area (Å²) in [6, 6.07) is 5.77. The number of rotatable bonds is 30. The van der Waals surface area contributed by atoms with Gasteiger partial charge in [-0.05, 0) is 74.8 Å². The molecule has 3 rings (SSSR count). The van der Waals surface area contributed by atoms with Gasteiger partial charge in [-0.15, -0.1) is 0 Å². The number of carboxylic acid groups (broad SMARTS) is 1. The van der Waals surface area contributed by atoms with Gasteiger partial charge in [-0.3, -0.25) is 47.9 Å². The number of nitrogens with one attached hydrogen (secondary N) is 7. The minimum Gasteiger partial charge on any atom is -0.480 e. The number of primary amides is 1. The van der Waals surface area contributed by atoms with Gasteiger partial charge in [0.2, 0.25) is 53.2 Å². The monoisotopic (exact) mass is 1070 g/mol. The van der Waals surface area contributed by atoms with E-state index in [0.717, 1.165) is 23.8 Å². The van der Waals surface area contributed by atoms with Gasteiger partial charge in [-0.1, -0.05) is 51.1 Å². The van der Waals surface area contributed by atoms with Gasteiger partial charge >= 0.3 is 5.97 Å². The van der Waals surface area contributed by atoms with Gasteiger partial charge in [0.15, 0.2) is 0 Å². The van der Waals surface area contributed by atoms with Crippen LogP contribution in [0.1, 0.15) is 97.4 Å². The molecule has 0 saturated heterocycles. The van der Waals surface area contributed by atoms with Gasteiger partial charge in [0.05, 0.1) is 19.0 Å². The van der Waals surface area contributed by atoms with E-state index < -0.39 is 138 Å². The van der Waals surface area contributed by atoms with E-state index in [9.17, 15) is 57.4 Å². The highest BCUT2D eigenvalue weighted by molar-refractivity contribution is 5.97. The van der Waals surface area contributed by atoms with E-state index in [1.165, 1.54) is 25.7 Å². The average Bonchev–Trinajstić information content (AvgIpc) is 3.75. The van der Waals surface area contributed by atoms with Crippen molar-refractivity contribution >= 4 is 59.1 Å². The zero-order valence-corrected chi connectivity index (χ0v) is 43.5. The number of amides is 9. The summed E-state index contributed by atoms with van der Waals surface area (Å²) < 4.78 is 31.7. The lowest BCUT2D eigenvalue weighted by Gasteiger charge is -2.41. The third-order valence-corrected chi connectivity index (χ3v) is 11.8. The lowest BCUT2D eigenvalue weighted by atomic mass is 9.82. The summed E-state index contributed by atoms with van der Waals surface area (Å²) in [6.45, 7) is 7.41. The molecular weight excluding hydrogens is 997 g/mol. The highest BCUT2D eigenvalue weighted by Gasteiger charge is 2.39. The van der Waals surface area contributed by atoms with Crippen LogP contribution >= 0.6 is 0 Å². The van der Waals surface area contributed by atoms with Crippen LogP contribution in [0.2, 0.25) is 0 Å². The number of hydrogen-bond acceptors (Lipinski definition) is 12. The van der Waals surface area contributed by atoms with Crippen molar-refractivity contribution in [1.29, 1.82) is 0 Å². The molecule has 9 amide bonds. The van der Waals surface area contributed by atoms with Crippen LogP contribution in [0.15, 0.2) is 60.8 Å². The Bertz CT molecular complexity index is 2540. The topological polar surface area (TPSA) is 356 Å². The number of carbonyl (C=O) groups excluding carboxylic acids is 9. The number of nitrogens with zero attached hydrogens (tertiary/aromatic N) is 2. The van der Waals surface area contributed by atoms with Crippen molar-refractivity contribution in [2.45, 2.75) is 123 Å². The van der Waals surface area contributed by atoms with Crippen LogP contribution < -0.4 is 48.7 Å². The van der Waals surface area contributed by atoms with E-state index in [0.29, 0.717) is 18.5 Å². The van der Waals surface area contributed by atoms with Crippen molar-refractivity contribution in [3.8, 4) is 11.1 Å². The van der Waals surface area contributed by atoms with Crippen molar-refractivity contribution < 1.29 is 66.9 Å². The van der Waals surface area contributed by atoms with E-state index in [2.05, 4.69) is 37.2 Å². The van der Waals surface area contributed by atoms with Crippen molar-refractivity contribution in [3.63, 3.8) is 0 Å². The van der Waals surface area contributed by atoms with E-state index in [-0.39, 0.29) is 50.1 Å². The molecule has 2 aromatic carbocycles. The first-order chi connectivity index (χ1) is 35.7. The molecule has 0 unspecified atom stereocenters. The van der Waals surface area contributed by atoms with E-state index in [4.69, 9.17) is 16.6 Å². The Kier molecular flexibility index (Phi) is 24.6. The van der Waals surface area contributed by atoms with Gasteiger partial charge in [0.1, 0.15) is 48.5 Å². The number of aromatic nitrogens is 1.